The molecular formula is C7H16NO+. The molecule has 1 atom stereocenters. The summed E-state index contributed by atoms with van der Waals surface area (Å²) in [6, 6.07) is 0.157. The Bertz CT molecular complexity index is 93.6. The Morgan fingerprint density at radius 2 is 2.00 bits per heavy atom. The molecule has 0 spiro atoms. The van der Waals surface area contributed by atoms with Crippen molar-refractivity contribution in [1.82, 2.24) is 0 Å². The van der Waals surface area contributed by atoms with Crippen LogP contribution in [0.3, 0.4) is 0 Å². The summed E-state index contributed by atoms with van der Waals surface area (Å²) >= 11 is 0. The summed E-state index contributed by atoms with van der Waals surface area (Å²) in [5.74, 6) is 0. The lowest BCUT2D eigenvalue weighted by Crippen LogP contribution is -2.45. The van der Waals surface area contributed by atoms with Crippen molar-refractivity contribution in [2.24, 2.45) is 0 Å². The topological polar surface area (TPSA) is 20.2 Å². The fraction of sp³-hybridized carbons (Fsp3) is 0.714. The normalized spacial score (nSPS) is 15.1. The molecule has 0 saturated heterocycles. The molecular weight excluding hydrogens is 114 g/mol. The van der Waals surface area contributed by atoms with E-state index in [2.05, 4.69) is 6.58 Å². The third-order valence-corrected chi connectivity index (χ3v) is 1.45. The van der Waals surface area contributed by atoms with Gasteiger partial charge in [0.25, 0.3) is 0 Å². The molecule has 0 aliphatic heterocycles. The molecule has 0 fully saturated rings. The van der Waals surface area contributed by atoms with Gasteiger partial charge in [0, 0.05) is 0 Å². The fourth-order valence-electron chi connectivity index (χ4n) is 0.636. The van der Waals surface area contributed by atoms with E-state index in [0.29, 0.717) is 0 Å². The van der Waals surface area contributed by atoms with Crippen LogP contribution in [0.5, 0.6) is 0 Å². The number of aliphatic hydroxyl groups is 1. The van der Waals surface area contributed by atoms with Crippen LogP contribution in [0.15, 0.2) is 12.7 Å². The Labute approximate surface area is 57.0 Å². The zero-order valence-corrected chi connectivity index (χ0v) is 6.46. The molecule has 0 bridgehead atoms. The second-order valence-corrected chi connectivity index (χ2v) is 3.10. The number of nitrogens with zero attached hydrogens (tertiary/aromatic N) is 1. The highest BCUT2D eigenvalue weighted by Gasteiger charge is 2.17. The van der Waals surface area contributed by atoms with Crippen molar-refractivity contribution in [2.75, 3.05) is 27.7 Å². The first kappa shape index (κ1) is 8.66. The lowest BCUT2D eigenvalue weighted by molar-refractivity contribution is -0.889. The molecule has 0 aromatic carbocycles. The van der Waals surface area contributed by atoms with E-state index in [0.717, 1.165) is 4.48 Å². The van der Waals surface area contributed by atoms with Gasteiger partial charge in [0.2, 0.25) is 0 Å². The van der Waals surface area contributed by atoms with Gasteiger partial charge in [0.1, 0.15) is 6.04 Å². The minimum absolute atomic E-state index is 0.157. The molecule has 0 aromatic heterocycles. The molecule has 0 radical (unpaired) electrons. The average molecular weight is 130 g/mol. The average Bonchev–Trinajstić information content (AvgIpc) is 1.65. The first-order valence-corrected chi connectivity index (χ1v) is 3.07. The summed E-state index contributed by atoms with van der Waals surface area (Å²) in [7, 11) is 6.09. The quantitative estimate of drug-likeness (QED) is 0.428. The van der Waals surface area contributed by atoms with Gasteiger partial charge in [-0.05, 0) is 6.08 Å². The Kier molecular flexibility index (Phi) is 2.88. The van der Waals surface area contributed by atoms with E-state index in [1.54, 1.807) is 6.08 Å². The predicted octanol–water partition coefficient (Wildman–Crippen LogP) is 0.239. The van der Waals surface area contributed by atoms with Crippen LogP contribution in [0.1, 0.15) is 0 Å². The Morgan fingerprint density at radius 1 is 1.56 bits per heavy atom. The van der Waals surface area contributed by atoms with E-state index in [1.807, 2.05) is 21.1 Å². The largest absolute Gasteiger partial charge is 0.390 e. The molecule has 9 heavy (non-hydrogen) atoms. The molecule has 0 aliphatic rings. The second kappa shape index (κ2) is 2.99. The monoisotopic (exact) mass is 130 g/mol. The summed E-state index contributed by atoms with van der Waals surface area (Å²) < 4.78 is 0.736. The van der Waals surface area contributed by atoms with Crippen LogP contribution in [0.4, 0.5) is 0 Å². The summed E-state index contributed by atoms with van der Waals surface area (Å²) in [5.41, 5.74) is 0. The van der Waals surface area contributed by atoms with Crippen LogP contribution in [-0.4, -0.2) is 43.4 Å². The molecule has 1 N–H and O–H groups in total. The van der Waals surface area contributed by atoms with Crippen molar-refractivity contribution in [3.8, 4) is 0 Å². The first-order chi connectivity index (χ1) is 4.02. The van der Waals surface area contributed by atoms with Crippen molar-refractivity contribution in [3.63, 3.8) is 0 Å². The van der Waals surface area contributed by atoms with Gasteiger partial charge in [-0.2, -0.15) is 0 Å². The van der Waals surface area contributed by atoms with Gasteiger partial charge in [-0.15, -0.1) is 0 Å². The molecule has 0 aromatic rings. The smallest absolute Gasteiger partial charge is 0.130 e. The van der Waals surface area contributed by atoms with Crippen LogP contribution < -0.4 is 0 Å². The molecule has 2 heteroatoms. The van der Waals surface area contributed by atoms with E-state index < -0.39 is 0 Å². The summed E-state index contributed by atoms with van der Waals surface area (Å²) in [6.45, 7) is 3.80. The van der Waals surface area contributed by atoms with Gasteiger partial charge in [0.05, 0.1) is 27.7 Å². The summed E-state index contributed by atoms with van der Waals surface area (Å²) in [5, 5.41) is 8.77. The number of quaternary nitrogens is 1. The van der Waals surface area contributed by atoms with Crippen molar-refractivity contribution >= 4 is 0 Å². The van der Waals surface area contributed by atoms with E-state index in [4.69, 9.17) is 5.11 Å². The van der Waals surface area contributed by atoms with Gasteiger partial charge < -0.3 is 9.59 Å². The third-order valence-electron chi connectivity index (χ3n) is 1.45. The Morgan fingerprint density at radius 3 is 2.00 bits per heavy atom. The minimum atomic E-state index is 0.157. The van der Waals surface area contributed by atoms with Crippen LogP contribution in [0, 0.1) is 0 Å². The highest BCUT2D eigenvalue weighted by Crippen LogP contribution is 2.01. The highest BCUT2D eigenvalue weighted by atomic mass is 16.3. The lowest BCUT2D eigenvalue weighted by Gasteiger charge is -2.30. The van der Waals surface area contributed by atoms with E-state index in [9.17, 15) is 0 Å². The number of likely N-dealkylation sites (N-methyl/N-ethyl adjacent to an activating group) is 1. The molecule has 0 heterocycles. The number of rotatable bonds is 3. The second-order valence-electron chi connectivity index (χ2n) is 3.10. The van der Waals surface area contributed by atoms with Crippen molar-refractivity contribution < 1.29 is 9.59 Å². The molecule has 2 nitrogen and oxygen atoms in total. The maximum Gasteiger partial charge on any atom is 0.130 e. The lowest BCUT2D eigenvalue weighted by atomic mass is 10.2. The third kappa shape index (κ3) is 2.63. The predicted molar refractivity (Wildman–Crippen MR) is 39.1 cm³/mol. The van der Waals surface area contributed by atoms with Crippen molar-refractivity contribution in [3.05, 3.63) is 12.7 Å². The summed E-state index contributed by atoms with van der Waals surface area (Å²) in [4.78, 5) is 0. The van der Waals surface area contributed by atoms with Gasteiger partial charge in [-0.3, -0.25) is 0 Å². The van der Waals surface area contributed by atoms with Gasteiger partial charge in [-0.1, -0.05) is 6.58 Å². The van der Waals surface area contributed by atoms with Gasteiger partial charge in [0.15, 0.2) is 0 Å². The van der Waals surface area contributed by atoms with Crippen molar-refractivity contribution in [1.29, 1.82) is 0 Å². The molecule has 0 aliphatic carbocycles. The standard InChI is InChI=1S/C7H16NO/c1-5-7(6-9)8(2,3)4/h5,7,9H,1,6H2,2-4H3/q+1. The van der Waals surface area contributed by atoms with Crippen LogP contribution >= 0.6 is 0 Å². The highest BCUT2D eigenvalue weighted by molar-refractivity contribution is 4.78. The SMILES string of the molecule is C=CC(CO)[N+](C)(C)C. The molecule has 0 rings (SSSR count). The van der Waals surface area contributed by atoms with Crippen molar-refractivity contribution in [2.45, 2.75) is 6.04 Å². The summed E-state index contributed by atoms with van der Waals surface area (Å²) in [6.07, 6.45) is 1.78. The molecule has 0 saturated carbocycles. The Hall–Kier alpha value is -0.340. The Balaban J connectivity index is 3.94. The maximum atomic E-state index is 8.77. The maximum absolute atomic E-state index is 8.77. The van der Waals surface area contributed by atoms with E-state index in [1.165, 1.54) is 0 Å². The number of hydrogen-bond donors (Lipinski definition) is 1. The van der Waals surface area contributed by atoms with Crippen LogP contribution in [0.25, 0.3) is 0 Å². The zero-order chi connectivity index (χ0) is 7.49. The number of hydrogen-bond acceptors (Lipinski definition) is 1. The zero-order valence-electron chi connectivity index (χ0n) is 6.46. The van der Waals surface area contributed by atoms with Crippen LogP contribution in [0.2, 0.25) is 0 Å². The first-order valence-electron chi connectivity index (χ1n) is 3.07. The van der Waals surface area contributed by atoms with E-state index in [-0.39, 0.29) is 12.6 Å². The minimum Gasteiger partial charge on any atom is -0.390 e. The van der Waals surface area contributed by atoms with E-state index >= 15 is 0 Å². The fourth-order valence-corrected chi connectivity index (χ4v) is 0.636. The van der Waals surface area contributed by atoms with Crippen LogP contribution in [-0.2, 0) is 0 Å². The van der Waals surface area contributed by atoms with Gasteiger partial charge in [-0.25, -0.2) is 0 Å². The molecule has 1 unspecified atom stereocenters. The molecule has 54 valence electrons. The molecule has 0 amide bonds. The number of aliphatic hydroxyl groups excluding tert-OH is 1. The van der Waals surface area contributed by atoms with Gasteiger partial charge >= 0.3 is 0 Å².